The molecule has 0 spiro atoms. The molecule has 0 amide bonds. The third-order valence-corrected chi connectivity index (χ3v) is 3.84. The van der Waals surface area contributed by atoms with Crippen LogP contribution in [0.25, 0.3) is 0 Å². The van der Waals surface area contributed by atoms with Gasteiger partial charge in [0.1, 0.15) is 0 Å². The van der Waals surface area contributed by atoms with Gasteiger partial charge in [-0.3, -0.25) is 0 Å². The maximum Gasteiger partial charge on any atom is 0.335 e. The Kier molecular flexibility index (Phi) is 4.57. The zero-order valence-electron chi connectivity index (χ0n) is 11.4. The van der Waals surface area contributed by atoms with Crippen molar-refractivity contribution in [2.75, 3.05) is 0 Å². The minimum atomic E-state index is -1.36. The summed E-state index contributed by atoms with van der Waals surface area (Å²) in [4.78, 5) is 10.7. The summed E-state index contributed by atoms with van der Waals surface area (Å²) in [5.41, 5.74) is -0.414. The molecule has 2 unspecified atom stereocenters. The molecule has 2 atom stereocenters. The van der Waals surface area contributed by atoms with E-state index in [1.165, 1.54) is 0 Å². The minimum absolute atomic E-state index is 0.201. The Hall–Kier alpha value is -1.65. The predicted octanol–water partition coefficient (Wildman–Crippen LogP) is 4.01. The standard InChI is InChI=1S/C15H18F2O3/c1-2-9-4-3-5-11(6-9)20-14-12(16)7-10(15(18)19)8-13(14)17/h7-9,11H,2-6H2,1H3,(H,18,19). The van der Waals surface area contributed by atoms with Gasteiger partial charge in [-0.05, 0) is 37.3 Å². The Bertz CT molecular complexity index is 479. The molecule has 1 aromatic rings. The molecule has 5 heteroatoms. The molecule has 0 saturated heterocycles. The summed E-state index contributed by atoms with van der Waals surface area (Å²) in [6.45, 7) is 2.09. The van der Waals surface area contributed by atoms with Gasteiger partial charge >= 0.3 is 5.97 Å². The highest BCUT2D eigenvalue weighted by molar-refractivity contribution is 5.87. The van der Waals surface area contributed by atoms with Crippen LogP contribution in [0, 0.1) is 17.6 Å². The minimum Gasteiger partial charge on any atom is -0.484 e. The lowest BCUT2D eigenvalue weighted by molar-refractivity contribution is 0.0695. The number of benzene rings is 1. The van der Waals surface area contributed by atoms with E-state index in [2.05, 4.69) is 6.92 Å². The van der Waals surface area contributed by atoms with E-state index >= 15 is 0 Å². The number of carboxylic acid groups (broad SMARTS) is 1. The fraction of sp³-hybridized carbons (Fsp3) is 0.533. The number of aromatic carboxylic acids is 1. The van der Waals surface area contributed by atoms with Crippen LogP contribution in [-0.2, 0) is 0 Å². The molecular weight excluding hydrogens is 266 g/mol. The number of carboxylic acids is 1. The second-order valence-electron chi connectivity index (χ2n) is 5.25. The topological polar surface area (TPSA) is 46.5 Å². The van der Waals surface area contributed by atoms with Crippen LogP contribution in [0.1, 0.15) is 49.4 Å². The Morgan fingerprint density at radius 1 is 1.35 bits per heavy atom. The van der Waals surface area contributed by atoms with Crippen molar-refractivity contribution in [3.8, 4) is 5.75 Å². The van der Waals surface area contributed by atoms with Gasteiger partial charge in [0, 0.05) is 0 Å². The predicted molar refractivity (Wildman–Crippen MR) is 70.0 cm³/mol. The lowest BCUT2D eigenvalue weighted by Gasteiger charge is -2.29. The molecule has 1 N–H and O–H groups in total. The van der Waals surface area contributed by atoms with Crippen molar-refractivity contribution in [3.63, 3.8) is 0 Å². The van der Waals surface area contributed by atoms with Crippen LogP contribution in [-0.4, -0.2) is 17.2 Å². The Morgan fingerprint density at radius 3 is 2.55 bits per heavy atom. The number of rotatable bonds is 4. The number of hydrogen-bond donors (Lipinski definition) is 1. The van der Waals surface area contributed by atoms with E-state index in [1.807, 2.05) is 0 Å². The van der Waals surface area contributed by atoms with Crippen molar-refractivity contribution in [1.82, 2.24) is 0 Å². The molecule has 1 saturated carbocycles. The summed E-state index contributed by atoms with van der Waals surface area (Å²) in [6, 6.07) is 1.59. The second kappa shape index (κ2) is 6.20. The molecule has 110 valence electrons. The smallest absolute Gasteiger partial charge is 0.335 e. The molecule has 2 rings (SSSR count). The third kappa shape index (κ3) is 3.26. The van der Waals surface area contributed by atoms with E-state index in [-0.39, 0.29) is 6.10 Å². The average molecular weight is 284 g/mol. The third-order valence-electron chi connectivity index (χ3n) is 3.84. The van der Waals surface area contributed by atoms with Gasteiger partial charge in [-0.15, -0.1) is 0 Å². The van der Waals surface area contributed by atoms with E-state index in [9.17, 15) is 13.6 Å². The first-order valence-electron chi connectivity index (χ1n) is 6.90. The number of carbonyl (C=O) groups is 1. The Labute approximate surface area is 116 Å². The van der Waals surface area contributed by atoms with Gasteiger partial charge in [0.2, 0.25) is 0 Å². The molecule has 0 aromatic heterocycles. The van der Waals surface area contributed by atoms with Crippen molar-refractivity contribution >= 4 is 5.97 Å². The fourth-order valence-electron chi connectivity index (χ4n) is 2.68. The monoisotopic (exact) mass is 284 g/mol. The van der Waals surface area contributed by atoms with Crippen LogP contribution in [0.5, 0.6) is 5.75 Å². The highest BCUT2D eigenvalue weighted by Crippen LogP contribution is 2.32. The van der Waals surface area contributed by atoms with E-state index in [4.69, 9.17) is 9.84 Å². The maximum absolute atomic E-state index is 13.8. The van der Waals surface area contributed by atoms with Gasteiger partial charge in [0.05, 0.1) is 11.7 Å². The molecule has 0 heterocycles. The van der Waals surface area contributed by atoms with Gasteiger partial charge in [0.25, 0.3) is 0 Å². The van der Waals surface area contributed by atoms with Crippen molar-refractivity contribution < 1.29 is 23.4 Å². The van der Waals surface area contributed by atoms with Crippen molar-refractivity contribution in [2.24, 2.45) is 5.92 Å². The highest BCUT2D eigenvalue weighted by Gasteiger charge is 2.25. The molecule has 1 aromatic carbocycles. The molecule has 3 nitrogen and oxygen atoms in total. The summed E-state index contributed by atoms with van der Waals surface area (Å²) < 4.78 is 33.0. The molecule has 1 aliphatic carbocycles. The number of ether oxygens (including phenoxy) is 1. The van der Waals surface area contributed by atoms with Gasteiger partial charge in [-0.25, -0.2) is 13.6 Å². The number of halogens is 2. The summed E-state index contributed by atoms with van der Waals surface area (Å²) in [6.07, 6.45) is 4.50. The van der Waals surface area contributed by atoms with Crippen LogP contribution < -0.4 is 4.74 Å². The van der Waals surface area contributed by atoms with E-state index in [1.54, 1.807) is 0 Å². The number of hydrogen-bond acceptors (Lipinski definition) is 2. The average Bonchev–Trinajstić information content (AvgIpc) is 2.42. The van der Waals surface area contributed by atoms with Crippen LogP contribution in [0.2, 0.25) is 0 Å². The van der Waals surface area contributed by atoms with Crippen molar-refractivity contribution in [3.05, 3.63) is 29.3 Å². The van der Waals surface area contributed by atoms with Crippen molar-refractivity contribution in [1.29, 1.82) is 0 Å². The zero-order chi connectivity index (χ0) is 14.7. The van der Waals surface area contributed by atoms with Crippen LogP contribution >= 0.6 is 0 Å². The van der Waals surface area contributed by atoms with Crippen LogP contribution in [0.4, 0.5) is 8.78 Å². The SMILES string of the molecule is CCC1CCCC(Oc2c(F)cc(C(=O)O)cc2F)C1. The highest BCUT2D eigenvalue weighted by atomic mass is 19.1. The van der Waals surface area contributed by atoms with Crippen LogP contribution in [0.15, 0.2) is 12.1 Å². The van der Waals surface area contributed by atoms with E-state index in [0.717, 1.165) is 44.2 Å². The Balaban J connectivity index is 2.15. The molecule has 0 aliphatic heterocycles. The molecule has 20 heavy (non-hydrogen) atoms. The first-order valence-corrected chi connectivity index (χ1v) is 6.90. The fourth-order valence-corrected chi connectivity index (χ4v) is 2.68. The largest absolute Gasteiger partial charge is 0.484 e. The molecule has 1 fully saturated rings. The summed E-state index contributed by atoms with van der Waals surface area (Å²) in [7, 11) is 0. The first-order chi connectivity index (χ1) is 9.51. The summed E-state index contributed by atoms with van der Waals surface area (Å²) >= 11 is 0. The molecule has 1 aliphatic rings. The van der Waals surface area contributed by atoms with Crippen LogP contribution in [0.3, 0.4) is 0 Å². The van der Waals surface area contributed by atoms with Gasteiger partial charge < -0.3 is 9.84 Å². The summed E-state index contributed by atoms with van der Waals surface area (Å²) in [5, 5.41) is 8.74. The zero-order valence-corrected chi connectivity index (χ0v) is 11.4. The second-order valence-corrected chi connectivity index (χ2v) is 5.25. The lowest BCUT2D eigenvalue weighted by atomic mass is 9.85. The molecular formula is C15H18F2O3. The van der Waals surface area contributed by atoms with Gasteiger partial charge in [-0.1, -0.05) is 19.8 Å². The molecule has 0 radical (unpaired) electrons. The lowest BCUT2D eigenvalue weighted by Crippen LogP contribution is -2.26. The van der Waals surface area contributed by atoms with Gasteiger partial charge in [0.15, 0.2) is 17.4 Å². The van der Waals surface area contributed by atoms with Crippen molar-refractivity contribution in [2.45, 2.75) is 45.1 Å². The van der Waals surface area contributed by atoms with E-state index < -0.39 is 28.9 Å². The maximum atomic E-state index is 13.8. The van der Waals surface area contributed by atoms with E-state index in [0.29, 0.717) is 5.92 Å². The van der Waals surface area contributed by atoms with Gasteiger partial charge in [-0.2, -0.15) is 0 Å². The normalized spacial score (nSPS) is 22.6. The summed E-state index contributed by atoms with van der Waals surface area (Å²) in [5.74, 6) is -3.21. The Morgan fingerprint density at radius 2 is 2.00 bits per heavy atom. The quantitative estimate of drug-likeness (QED) is 0.908. The first kappa shape index (κ1) is 14.8. The molecule has 0 bridgehead atoms.